The summed E-state index contributed by atoms with van der Waals surface area (Å²) in [6.07, 6.45) is 0.477. The molecule has 5 nitrogen and oxygen atoms in total. The Morgan fingerprint density at radius 1 is 1.24 bits per heavy atom. The third kappa shape index (κ3) is 4.86. The number of aryl methyl sites for hydroxylation is 1. The number of rotatable bonds is 6. The highest BCUT2D eigenvalue weighted by atomic mass is 32.2. The molecule has 6 heteroatoms. The van der Waals surface area contributed by atoms with Crippen LogP contribution in [-0.4, -0.2) is 20.1 Å². The van der Waals surface area contributed by atoms with E-state index in [-0.39, 0.29) is 6.54 Å². The van der Waals surface area contributed by atoms with Crippen LogP contribution in [0.25, 0.3) is 6.08 Å². The number of hydrogen-bond donors (Lipinski definition) is 2. The Kier molecular flexibility index (Phi) is 4.95. The van der Waals surface area contributed by atoms with E-state index in [1.807, 2.05) is 18.2 Å². The molecule has 112 valence electrons. The van der Waals surface area contributed by atoms with Crippen LogP contribution in [0.4, 0.5) is 0 Å². The van der Waals surface area contributed by atoms with E-state index in [1.165, 1.54) is 6.08 Å². The molecular formula is C15H17NO4S. The molecule has 0 aliphatic rings. The zero-order chi connectivity index (χ0) is 15.3. The van der Waals surface area contributed by atoms with Gasteiger partial charge in [-0.25, -0.2) is 13.1 Å². The maximum Gasteiger partial charge on any atom is 0.233 e. The summed E-state index contributed by atoms with van der Waals surface area (Å²) in [5, 5.41) is 10.9. The Morgan fingerprint density at radius 2 is 1.95 bits per heavy atom. The van der Waals surface area contributed by atoms with E-state index in [1.54, 1.807) is 31.2 Å². The van der Waals surface area contributed by atoms with Crippen molar-refractivity contribution in [1.82, 2.24) is 4.72 Å². The fourth-order valence-corrected chi connectivity index (χ4v) is 2.53. The maximum absolute atomic E-state index is 11.8. The van der Waals surface area contributed by atoms with Gasteiger partial charge in [-0.15, -0.1) is 0 Å². The van der Waals surface area contributed by atoms with Crippen molar-refractivity contribution in [3.8, 4) is 0 Å². The molecule has 0 spiro atoms. The Bertz CT molecular complexity index is 704. The predicted molar refractivity (Wildman–Crippen MR) is 80.8 cm³/mol. The molecule has 1 aromatic carbocycles. The average molecular weight is 307 g/mol. The van der Waals surface area contributed by atoms with Crippen LogP contribution in [0, 0.1) is 6.92 Å². The number of aliphatic hydroxyl groups excluding tert-OH is 1. The van der Waals surface area contributed by atoms with Crippen molar-refractivity contribution in [2.45, 2.75) is 13.0 Å². The first kappa shape index (κ1) is 15.5. The van der Waals surface area contributed by atoms with Crippen molar-refractivity contribution in [2.24, 2.45) is 0 Å². The number of nitrogens with one attached hydrogen (secondary N) is 1. The highest BCUT2D eigenvalue weighted by Crippen LogP contribution is 2.15. The molecule has 2 N–H and O–H groups in total. The van der Waals surface area contributed by atoms with Crippen molar-refractivity contribution < 1.29 is 17.9 Å². The first-order valence-electron chi connectivity index (χ1n) is 6.43. The maximum atomic E-state index is 11.8. The van der Waals surface area contributed by atoms with E-state index in [0.717, 1.165) is 11.0 Å². The van der Waals surface area contributed by atoms with Crippen LogP contribution in [0.1, 0.15) is 23.2 Å². The van der Waals surface area contributed by atoms with Gasteiger partial charge in [-0.05, 0) is 30.7 Å². The summed E-state index contributed by atoms with van der Waals surface area (Å²) in [6, 6.07) is 12.4. The van der Waals surface area contributed by atoms with Gasteiger partial charge >= 0.3 is 0 Å². The van der Waals surface area contributed by atoms with Crippen molar-refractivity contribution in [2.75, 3.05) is 6.54 Å². The van der Waals surface area contributed by atoms with Crippen molar-refractivity contribution >= 4 is 16.1 Å². The van der Waals surface area contributed by atoms with Gasteiger partial charge in [0, 0.05) is 12.0 Å². The van der Waals surface area contributed by atoms with Crippen LogP contribution >= 0.6 is 0 Å². The summed E-state index contributed by atoms with van der Waals surface area (Å²) in [7, 11) is -3.61. The lowest BCUT2D eigenvalue weighted by molar-refractivity contribution is 0.152. The molecule has 1 unspecified atom stereocenters. The van der Waals surface area contributed by atoms with Gasteiger partial charge in [-0.1, -0.05) is 30.3 Å². The minimum absolute atomic E-state index is 0.144. The Balaban J connectivity index is 1.94. The van der Waals surface area contributed by atoms with Gasteiger partial charge in [-0.2, -0.15) is 0 Å². The van der Waals surface area contributed by atoms with E-state index < -0.39 is 16.1 Å². The molecule has 0 bridgehead atoms. The minimum atomic E-state index is -3.61. The second-order valence-electron chi connectivity index (χ2n) is 4.57. The Morgan fingerprint density at radius 3 is 2.57 bits per heavy atom. The lowest BCUT2D eigenvalue weighted by Crippen LogP contribution is -2.26. The predicted octanol–water partition coefficient (Wildman–Crippen LogP) is 2.21. The standard InChI is InChI=1S/C15H17NO4S/c1-12-7-8-15(20-12)14(17)11-16-21(18,19)10-9-13-5-3-2-4-6-13/h2-10,14,16-17H,11H2,1H3/b10-9+. The normalized spacial score (nSPS) is 13.6. The number of hydrogen-bond acceptors (Lipinski definition) is 4. The summed E-state index contributed by atoms with van der Waals surface area (Å²) < 4.78 is 31.2. The summed E-state index contributed by atoms with van der Waals surface area (Å²) in [5.41, 5.74) is 0.782. The number of furan rings is 1. The van der Waals surface area contributed by atoms with Crippen molar-refractivity contribution in [1.29, 1.82) is 0 Å². The second kappa shape index (κ2) is 6.71. The van der Waals surface area contributed by atoms with Crippen LogP contribution < -0.4 is 4.72 Å². The van der Waals surface area contributed by atoms with E-state index in [0.29, 0.717) is 11.5 Å². The number of sulfonamides is 1. The molecule has 2 aromatic rings. The first-order chi connectivity index (χ1) is 9.96. The van der Waals surface area contributed by atoms with Gasteiger partial charge in [-0.3, -0.25) is 0 Å². The van der Waals surface area contributed by atoms with E-state index in [2.05, 4.69) is 4.72 Å². The van der Waals surface area contributed by atoms with Crippen LogP contribution in [0.2, 0.25) is 0 Å². The van der Waals surface area contributed by atoms with Gasteiger partial charge in [0.05, 0.1) is 0 Å². The van der Waals surface area contributed by atoms with E-state index >= 15 is 0 Å². The molecule has 21 heavy (non-hydrogen) atoms. The third-order valence-corrected chi connectivity index (χ3v) is 3.87. The second-order valence-corrected chi connectivity index (χ2v) is 6.22. The molecule has 1 heterocycles. The molecule has 0 radical (unpaired) electrons. The SMILES string of the molecule is Cc1ccc(C(O)CNS(=O)(=O)/C=C/c2ccccc2)o1. The smallest absolute Gasteiger partial charge is 0.233 e. The summed E-state index contributed by atoms with van der Waals surface area (Å²) in [4.78, 5) is 0. The molecule has 0 amide bonds. The van der Waals surface area contributed by atoms with Gasteiger partial charge in [0.2, 0.25) is 10.0 Å². The molecule has 0 saturated heterocycles. The average Bonchev–Trinajstić information content (AvgIpc) is 2.91. The fraction of sp³-hybridized carbons (Fsp3) is 0.200. The van der Waals surface area contributed by atoms with Gasteiger partial charge < -0.3 is 9.52 Å². The molecular weight excluding hydrogens is 290 g/mol. The molecule has 1 atom stereocenters. The zero-order valence-electron chi connectivity index (χ0n) is 11.6. The zero-order valence-corrected chi connectivity index (χ0v) is 12.4. The number of benzene rings is 1. The lowest BCUT2D eigenvalue weighted by Gasteiger charge is -2.08. The van der Waals surface area contributed by atoms with E-state index in [4.69, 9.17) is 4.42 Å². The summed E-state index contributed by atoms with van der Waals surface area (Å²) in [6.45, 7) is 1.61. The fourth-order valence-electron chi connectivity index (χ4n) is 1.71. The van der Waals surface area contributed by atoms with Crippen molar-refractivity contribution in [3.05, 3.63) is 65.0 Å². The topological polar surface area (TPSA) is 79.5 Å². The van der Waals surface area contributed by atoms with Gasteiger partial charge in [0.25, 0.3) is 0 Å². The largest absolute Gasteiger partial charge is 0.464 e. The lowest BCUT2D eigenvalue weighted by atomic mass is 10.2. The van der Waals surface area contributed by atoms with Crippen LogP contribution in [0.15, 0.2) is 52.3 Å². The molecule has 0 fully saturated rings. The third-order valence-electron chi connectivity index (χ3n) is 2.81. The van der Waals surface area contributed by atoms with Crippen molar-refractivity contribution in [3.63, 3.8) is 0 Å². The van der Waals surface area contributed by atoms with Gasteiger partial charge in [0.1, 0.15) is 17.6 Å². The quantitative estimate of drug-likeness (QED) is 0.857. The van der Waals surface area contributed by atoms with Crippen LogP contribution in [0.5, 0.6) is 0 Å². The van der Waals surface area contributed by atoms with Crippen LogP contribution in [-0.2, 0) is 10.0 Å². The first-order valence-corrected chi connectivity index (χ1v) is 7.98. The van der Waals surface area contributed by atoms with E-state index in [9.17, 15) is 13.5 Å². The molecule has 1 aromatic heterocycles. The monoisotopic (exact) mass is 307 g/mol. The molecule has 0 saturated carbocycles. The molecule has 0 aliphatic carbocycles. The van der Waals surface area contributed by atoms with Crippen LogP contribution in [0.3, 0.4) is 0 Å². The van der Waals surface area contributed by atoms with Gasteiger partial charge in [0.15, 0.2) is 0 Å². The summed E-state index contributed by atoms with van der Waals surface area (Å²) >= 11 is 0. The minimum Gasteiger partial charge on any atom is -0.464 e. The Labute approximate surface area is 124 Å². The molecule has 2 rings (SSSR count). The number of aliphatic hydroxyl groups is 1. The summed E-state index contributed by atoms with van der Waals surface area (Å²) in [5.74, 6) is 0.998. The Hall–Kier alpha value is -1.89. The highest BCUT2D eigenvalue weighted by Gasteiger charge is 2.14. The molecule has 0 aliphatic heterocycles. The highest BCUT2D eigenvalue weighted by molar-refractivity contribution is 7.92.